The highest BCUT2D eigenvalue weighted by molar-refractivity contribution is 7.89. The van der Waals surface area contributed by atoms with Crippen molar-refractivity contribution in [3.8, 4) is 16.9 Å². The van der Waals surface area contributed by atoms with E-state index >= 15 is 8.78 Å². The second-order valence-electron chi connectivity index (χ2n) is 12.9. The third-order valence-corrected chi connectivity index (χ3v) is 7.88. The molecule has 15 heteroatoms. The van der Waals surface area contributed by atoms with Crippen molar-refractivity contribution in [2.75, 3.05) is 26.7 Å². The van der Waals surface area contributed by atoms with Gasteiger partial charge < -0.3 is 24.0 Å². The van der Waals surface area contributed by atoms with Gasteiger partial charge in [-0.15, -0.1) is 0 Å². The third kappa shape index (κ3) is 9.71. The van der Waals surface area contributed by atoms with E-state index in [0.29, 0.717) is 11.3 Å². The first-order chi connectivity index (χ1) is 21.2. The van der Waals surface area contributed by atoms with Gasteiger partial charge in [0.1, 0.15) is 35.5 Å². The summed E-state index contributed by atoms with van der Waals surface area (Å²) in [6, 6.07) is 7.71. The average molecular weight is 676 g/mol. The van der Waals surface area contributed by atoms with E-state index in [-0.39, 0.29) is 24.3 Å². The minimum Gasteiger partial charge on any atom is -0.491 e. The molecule has 1 aliphatic heterocycles. The van der Waals surface area contributed by atoms with Gasteiger partial charge in [0.05, 0.1) is 25.2 Å². The molecule has 0 aromatic heterocycles. The zero-order chi connectivity index (χ0) is 34.6. The summed E-state index contributed by atoms with van der Waals surface area (Å²) in [6.45, 7) is 9.48. The summed E-state index contributed by atoms with van der Waals surface area (Å²) in [4.78, 5) is 27.5. The highest BCUT2D eigenvalue weighted by Crippen LogP contribution is 2.35. The number of likely N-dealkylation sites (N-methyl/N-ethyl adjacent to an activating group) is 1. The summed E-state index contributed by atoms with van der Waals surface area (Å²) in [5, 5.41) is 0. The number of ether oxygens (including phenoxy) is 3. The Balaban J connectivity index is 1.90. The van der Waals surface area contributed by atoms with Crippen LogP contribution >= 0.6 is 0 Å². The highest BCUT2D eigenvalue weighted by atomic mass is 32.2. The molecule has 0 aliphatic carbocycles. The second-order valence-corrected chi connectivity index (χ2v) is 14.6. The number of nitrogens with one attached hydrogen (secondary N) is 1. The van der Waals surface area contributed by atoms with Gasteiger partial charge in [0.15, 0.2) is 0 Å². The Hall–Kier alpha value is -3.59. The lowest BCUT2D eigenvalue weighted by Gasteiger charge is -2.30. The molecule has 1 aliphatic rings. The van der Waals surface area contributed by atoms with Crippen LogP contribution in [-0.4, -0.2) is 92.4 Å². The maximum Gasteiger partial charge on any atom is 0.410 e. The largest absolute Gasteiger partial charge is 0.491 e. The number of nitrogens with zero attached hydrogens (tertiary/aromatic N) is 2. The van der Waals surface area contributed by atoms with Gasteiger partial charge in [-0.1, -0.05) is 36.4 Å². The van der Waals surface area contributed by atoms with Crippen LogP contribution in [0.25, 0.3) is 11.1 Å². The summed E-state index contributed by atoms with van der Waals surface area (Å²) in [6.07, 6.45) is -4.06. The summed E-state index contributed by atoms with van der Waals surface area (Å²) < 4.78 is 100. The van der Waals surface area contributed by atoms with E-state index in [1.165, 1.54) is 23.1 Å². The zero-order valence-corrected chi connectivity index (χ0v) is 27.7. The molecular formula is C31H41F4N3O7S. The quantitative estimate of drug-likeness (QED) is 0.319. The maximum atomic E-state index is 16.2. The van der Waals surface area contributed by atoms with E-state index in [4.69, 9.17) is 14.2 Å². The summed E-state index contributed by atoms with van der Waals surface area (Å²) >= 11 is 0. The van der Waals surface area contributed by atoms with E-state index in [9.17, 15) is 26.8 Å². The fraction of sp³-hybridized carbons (Fsp3) is 0.548. The molecule has 0 saturated carbocycles. The number of sulfonamides is 1. The number of likely N-dealkylation sites (tertiary alicyclic amines) is 1. The number of carbonyl (C=O) groups is 2. The predicted octanol–water partition coefficient (Wildman–Crippen LogP) is 5.75. The molecule has 3 atom stereocenters. The highest BCUT2D eigenvalue weighted by Gasteiger charge is 2.48. The van der Waals surface area contributed by atoms with Gasteiger partial charge in [0.2, 0.25) is 0 Å². The smallest absolute Gasteiger partial charge is 0.410 e. The Morgan fingerprint density at radius 1 is 1.00 bits per heavy atom. The molecule has 1 fully saturated rings. The van der Waals surface area contributed by atoms with Crippen LogP contribution in [0.3, 0.4) is 0 Å². The Labute approximate surface area is 267 Å². The fourth-order valence-electron chi connectivity index (χ4n) is 4.74. The molecular weight excluding hydrogens is 634 g/mol. The fourth-order valence-corrected chi connectivity index (χ4v) is 5.53. The number of hydrogen-bond donors (Lipinski definition) is 1. The predicted molar refractivity (Wildman–Crippen MR) is 163 cm³/mol. The Morgan fingerprint density at radius 3 is 2.22 bits per heavy atom. The van der Waals surface area contributed by atoms with Crippen molar-refractivity contribution in [1.29, 1.82) is 0 Å². The molecule has 0 bridgehead atoms. The van der Waals surface area contributed by atoms with Crippen molar-refractivity contribution in [3.63, 3.8) is 0 Å². The van der Waals surface area contributed by atoms with Gasteiger partial charge in [-0.3, -0.25) is 0 Å². The van der Waals surface area contributed by atoms with Crippen LogP contribution in [-0.2, 0) is 25.9 Å². The van der Waals surface area contributed by atoms with Crippen LogP contribution in [0.1, 0.15) is 47.1 Å². The van der Waals surface area contributed by atoms with Gasteiger partial charge in [-0.05, 0) is 59.6 Å². The maximum absolute atomic E-state index is 16.2. The lowest BCUT2D eigenvalue weighted by Crippen LogP contribution is -2.51. The Morgan fingerprint density at radius 2 is 1.61 bits per heavy atom. The van der Waals surface area contributed by atoms with E-state index < -0.39 is 76.2 Å². The van der Waals surface area contributed by atoms with Crippen LogP contribution in [0.4, 0.5) is 27.2 Å². The first-order valence-electron chi connectivity index (χ1n) is 14.6. The number of benzene rings is 2. The van der Waals surface area contributed by atoms with Crippen LogP contribution < -0.4 is 9.46 Å². The van der Waals surface area contributed by atoms with Gasteiger partial charge in [-0.25, -0.2) is 31.5 Å². The van der Waals surface area contributed by atoms with Gasteiger partial charge in [0, 0.05) is 18.2 Å². The SMILES string of the molecule is CN(CCOc1ccccc1-c1cccc(CC2C(NS(=O)(=O)C(F)F)C(F)CN2C(=O)OC(C)(C)C)c1F)C(=O)OC(C)(C)C. The minimum absolute atomic E-state index is 0.0362. The standard InChI is InChI=1S/C31H41F4N3O7S/c1-30(2,3)44-28(39)37(7)15-16-43-24-14-9-8-12-20(24)21-13-10-11-19(25(21)33)17-23-26(36-46(41,42)27(34)35)22(32)18-38(23)29(40)45-31(4,5)6/h8-14,22-23,26-27,36H,15-18H2,1-7H3. The van der Waals surface area contributed by atoms with Crippen LogP contribution in [0, 0.1) is 5.82 Å². The molecule has 2 aromatic carbocycles. The Kier molecular flexibility index (Phi) is 11.6. The van der Waals surface area contributed by atoms with E-state index in [2.05, 4.69) is 0 Å². The molecule has 1 heterocycles. The van der Waals surface area contributed by atoms with Crippen molar-refractivity contribution in [3.05, 3.63) is 53.8 Å². The van der Waals surface area contributed by atoms with E-state index in [1.807, 2.05) is 0 Å². The lowest BCUT2D eigenvalue weighted by atomic mass is 9.95. The monoisotopic (exact) mass is 675 g/mol. The van der Waals surface area contributed by atoms with Gasteiger partial charge in [0.25, 0.3) is 10.0 Å². The number of alkyl halides is 3. The molecule has 0 spiro atoms. The van der Waals surface area contributed by atoms with Crippen molar-refractivity contribution in [1.82, 2.24) is 14.5 Å². The van der Waals surface area contributed by atoms with Gasteiger partial charge >= 0.3 is 17.9 Å². The lowest BCUT2D eigenvalue weighted by molar-refractivity contribution is 0.0211. The van der Waals surface area contributed by atoms with Crippen molar-refractivity contribution < 1.29 is 49.8 Å². The topological polar surface area (TPSA) is 114 Å². The second kappa shape index (κ2) is 14.4. The Bertz CT molecular complexity index is 1500. The van der Waals surface area contributed by atoms with Crippen LogP contribution in [0.2, 0.25) is 0 Å². The van der Waals surface area contributed by atoms with Crippen LogP contribution in [0.5, 0.6) is 5.75 Å². The first kappa shape index (κ1) is 36.9. The summed E-state index contributed by atoms with van der Waals surface area (Å²) in [5.41, 5.74) is -1.30. The van der Waals surface area contributed by atoms with Crippen molar-refractivity contribution in [2.24, 2.45) is 0 Å². The third-order valence-electron chi connectivity index (χ3n) is 6.81. The zero-order valence-electron chi connectivity index (χ0n) is 26.9. The molecule has 3 rings (SSSR count). The van der Waals surface area contributed by atoms with Crippen molar-refractivity contribution in [2.45, 2.75) is 83.2 Å². The summed E-state index contributed by atoms with van der Waals surface area (Å²) in [5.74, 6) is -4.33. The molecule has 3 unspecified atom stereocenters. The molecule has 2 amide bonds. The minimum atomic E-state index is -5.27. The number of amides is 2. The number of para-hydroxylation sites is 1. The number of hydrogen-bond acceptors (Lipinski definition) is 7. The normalized spacial score (nSPS) is 18.9. The van der Waals surface area contributed by atoms with Gasteiger partial charge in [-0.2, -0.15) is 8.78 Å². The number of rotatable bonds is 10. The molecule has 1 N–H and O–H groups in total. The number of carbonyl (C=O) groups excluding carboxylic acids is 2. The summed E-state index contributed by atoms with van der Waals surface area (Å²) in [7, 11) is -3.72. The van der Waals surface area contributed by atoms with E-state index in [1.54, 1.807) is 77.6 Å². The molecule has 2 aromatic rings. The van der Waals surface area contributed by atoms with Crippen LogP contribution in [0.15, 0.2) is 42.5 Å². The molecule has 1 saturated heterocycles. The molecule has 256 valence electrons. The average Bonchev–Trinajstić information content (AvgIpc) is 3.22. The molecule has 46 heavy (non-hydrogen) atoms. The molecule has 0 radical (unpaired) electrons. The van der Waals surface area contributed by atoms with E-state index in [0.717, 1.165) is 4.90 Å². The first-order valence-corrected chi connectivity index (χ1v) is 16.1. The molecule has 10 nitrogen and oxygen atoms in total. The van der Waals surface area contributed by atoms with Crippen molar-refractivity contribution >= 4 is 22.2 Å². The number of halogens is 4.